The summed E-state index contributed by atoms with van der Waals surface area (Å²) < 4.78 is 0. The van der Waals surface area contributed by atoms with E-state index in [2.05, 4.69) is 30.8 Å². The molecule has 20 heavy (non-hydrogen) atoms. The fourth-order valence-corrected chi connectivity index (χ4v) is 4.39. The molecule has 1 aliphatic carbocycles. The number of likely N-dealkylation sites (tertiary alicyclic amines) is 1. The van der Waals surface area contributed by atoms with Crippen molar-refractivity contribution in [3.05, 3.63) is 0 Å². The third-order valence-electron chi connectivity index (χ3n) is 5.69. The molecule has 1 aliphatic heterocycles. The van der Waals surface area contributed by atoms with Crippen LogP contribution in [0.1, 0.15) is 51.9 Å². The van der Waals surface area contributed by atoms with Crippen LogP contribution in [0.5, 0.6) is 0 Å². The molecule has 3 heteroatoms. The van der Waals surface area contributed by atoms with E-state index in [1.54, 1.807) is 0 Å². The van der Waals surface area contributed by atoms with Crippen molar-refractivity contribution in [2.24, 2.45) is 17.6 Å². The minimum Gasteiger partial charge on any atom is -0.330 e. The van der Waals surface area contributed by atoms with Gasteiger partial charge in [-0.3, -0.25) is 4.90 Å². The highest BCUT2D eigenvalue weighted by Crippen LogP contribution is 2.35. The summed E-state index contributed by atoms with van der Waals surface area (Å²) in [5, 5.41) is 0. The zero-order valence-corrected chi connectivity index (χ0v) is 13.9. The standard InChI is InChI=1S/C17H35N3/c1-4-6-14-8-9-15(12-18)17(11-14)20-10-5-7-16(13-20)19(2)3/h14-17H,4-13,18H2,1-3H3. The summed E-state index contributed by atoms with van der Waals surface area (Å²) in [6.45, 7) is 5.76. The average molecular weight is 281 g/mol. The van der Waals surface area contributed by atoms with Gasteiger partial charge in [-0.05, 0) is 64.7 Å². The van der Waals surface area contributed by atoms with E-state index in [1.807, 2.05) is 0 Å². The number of nitrogens with two attached hydrogens (primary N) is 1. The van der Waals surface area contributed by atoms with Crippen molar-refractivity contribution in [3.63, 3.8) is 0 Å². The Morgan fingerprint density at radius 2 is 2.00 bits per heavy atom. The van der Waals surface area contributed by atoms with Gasteiger partial charge in [0, 0.05) is 18.6 Å². The van der Waals surface area contributed by atoms with Crippen LogP contribution in [0.15, 0.2) is 0 Å². The predicted octanol–water partition coefficient (Wildman–Crippen LogP) is 2.56. The fraction of sp³-hybridized carbons (Fsp3) is 1.00. The maximum Gasteiger partial charge on any atom is 0.0217 e. The zero-order valence-electron chi connectivity index (χ0n) is 13.9. The van der Waals surface area contributed by atoms with Crippen molar-refractivity contribution in [1.82, 2.24) is 9.80 Å². The summed E-state index contributed by atoms with van der Waals surface area (Å²) in [4.78, 5) is 5.20. The molecule has 0 aromatic carbocycles. The van der Waals surface area contributed by atoms with E-state index in [0.29, 0.717) is 0 Å². The molecule has 2 aliphatic rings. The molecule has 3 nitrogen and oxygen atoms in total. The third-order valence-corrected chi connectivity index (χ3v) is 5.69. The minimum absolute atomic E-state index is 0.740. The molecule has 0 amide bonds. The van der Waals surface area contributed by atoms with Gasteiger partial charge in [-0.15, -0.1) is 0 Å². The number of hydrogen-bond acceptors (Lipinski definition) is 3. The van der Waals surface area contributed by atoms with Gasteiger partial charge < -0.3 is 10.6 Å². The van der Waals surface area contributed by atoms with Crippen molar-refractivity contribution < 1.29 is 0 Å². The van der Waals surface area contributed by atoms with Crippen LogP contribution >= 0.6 is 0 Å². The van der Waals surface area contributed by atoms with Crippen LogP contribution in [0, 0.1) is 11.8 Å². The Morgan fingerprint density at radius 3 is 2.65 bits per heavy atom. The van der Waals surface area contributed by atoms with Crippen molar-refractivity contribution in [1.29, 1.82) is 0 Å². The highest BCUT2D eigenvalue weighted by Gasteiger charge is 2.35. The summed E-state index contributed by atoms with van der Waals surface area (Å²) in [5.74, 6) is 1.69. The highest BCUT2D eigenvalue weighted by molar-refractivity contribution is 4.91. The van der Waals surface area contributed by atoms with Crippen LogP contribution in [-0.2, 0) is 0 Å². The number of nitrogens with zero attached hydrogens (tertiary/aromatic N) is 2. The van der Waals surface area contributed by atoms with Gasteiger partial charge in [-0.1, -0.05) is 26.2 Å². The van der Waals surface area contributed by atoms with Crippen molar-refractivity contribution >= 4 is 0 Å². The van der Waals surface area contributed by atoms with Gasteiger partial charge >= 0.3 is 0 Å². The summed E-state index contributed by atoms with van der Waals surface area (Å²) in [5.41, 5.74) is 6.08. The fourth-order valence-electron chi connectivity index (χ4n) is 4.39. The maximum atomic E-state index is 6.08. The Kier molecular flexibility index (Phi) is 6.31. The second-order valence-electron chi connectivity index (χ2n) is 7.29. The van der Waals surface area contributed by atoms with Gasteiger partial charge in [0.15, 0.2) is 0 Å². The Balaban J connectivity index is 1.98. The van der Waals surface area contributed by atoms with Crippen LogP contribution in [0.3, 0.4) is 0 Å². The van der Waals surface area contributed by atoms with E-state index in [-0.39, 0.29) is 0 Å². The molecule has 2 rings (SSSR count). The van der Waals surface area contributed by atoms with Gasteiger partial charge in [0.05, 0.1) is 0 Å². The Morgan fingerprint density at radius 1 is 1.20 bits per heavy atom. The maximum absolute atomic E-state index is 6.08. The first-order valence-corrected chi connectivity index (χ1v) is 8.76. The van der Waals surface area contributed by atoms with Gasteiger partial charge in [-0.25, -0.2) is 0 Å². The second-order valence-corrected chi connectivity index (χ2v) is 7.29. The minimum atomic E-state index is 0.740. The van der Waals surface area contributed by atoms with Gasteiger partial charge in [0.2, 0.25) is 0 Å². The molecule has 2 fully saturated rings. The molecule has 0 aromatic rings. The molecule has 0 radical (unpaired) electrons. The van der Waals surface area contributed by atoms with E-state index in [9.17, 15) is 0 Å². The Bertz CT molecular complexity index is 279. The molecule has 1 heterocycles. The zero-order chi connectivity index (χ0) is 14.5. The number of hydrogen-bond donors (Lipinski definition) is 1. The lowest BCUT2D eigenvalue weighted by atomic mass is 9.75. The highest BCUT2D eigenvalue weighted by atomic mass is 15.2. The van der Waals surface area contributed by atoms with Crippen molar-refractivity contribution in [2.75, 3.05) is 33.7 Å². The van der Waals surface area contributed by atoms with Crippen molar-refractivity contribution in [2.45, 2.75) is 64.0 Å². The molecule has 1 saturated carbocycles. The SMILES string of the molecule is CCCC1CCC(CN)C(N2CCCC(N(C)C)C2)C1. The van der Waals surface area contributed by atoms with E-state index in [1.165, 1.54) is 58.0 Å². The van der Waals surface area contributed by atoms with Crippen LogP contribution < -0.4 is 5.73 Å². The molecule has 118 valence electrons. The second kappa shape index (κ2) is 7.77. The van der Waals surface area contributed by atoms with Crippen molar-refractivity contribution in [3.8, 4) is 0 Å². The van der Waals surface area contributed by atoms with E-state index >= 15 is 0 Å². The normalized spacial score (nSPS) is 36.5. The Labute approximate surface area is 125 Å². The van der Waals surface area contributed by atoms with E-state index in [4.69, 9.17) is 5.73 Å². The largest absolute Gasteiger partial charge is 0.330 e. The molecule has 4 unspecified atom stereocenters. The molecule has 0 aromatic heterocycles. The topological polar surface area (TPSA) is 32.5 Å². The smallest absolute Gasteiger partial charge is 0.0217 e. The monoisotopic (exact) mass is 281 g/mol. The number of rotatable bonds is 5. The summed E-state index contributed by atoms with van der Waals surface area (Å²) in [6.07, 6.45) is 9.64. The third kappa shape index (κ3) is 3.96. The first-order chi connectivity index (χ1) is 9.65. The van der Waals surface area contributed by atoms with Gasteiger partial charge in [0.1, 0.15) is 0 Å². The summed E-state index contributed by atoms with van der Waals surface area (Å²) in [6, 6.07) is 1.50. The summed E-state index contributed by atoms with van der Waals surface area (Å²) >= 11 is 0. The molecule has 1 saturated heterocycles. The lowest BCUT2D eigenvalue weighted by Gasteiger charge is -2.46. The molecule has 4 atom stereocenters. The quantitative estimate of drug-likeness (QED) is 0.840. The number of likely N-dealkylation sites (N-methyl/N-ethyl adjacent to an activating group) is 1. The summed E-state index contributed by atoms with van der Waals surface area (Å²) in [7, 11) is 4.46. The first-order valence-electron chi connectivity index (χ1n) is 8.76. The van der Waals surface area contributed by atoms with Gasteiger partial charge in [0.25, 0.3) is 0 Å². The molecular formula is C17H35N3. The Hall–Kier alpha value is -0.120. The first kappa shape index (κ1) is 16.3. The predicted molar refractivity (Wildman–Crippen MR) is 86.9 cm³/mol. The van der Waals surface area contributed by atoms with Gasteiger partial charge in [-0.2, -0.15) is 0 Å². The van der Waals surface area contributed by atoms with E-state index < -0.39 is 0 Å². The van der Waals surface area contributed by atoms with Crippen LogP contribution in [0.2, 0.25) is 0 Å². The van der Waals surface area contributed by atoms with Crippen LogP contribution in [0.4, 0.5) is 0 Å². The van der Waals surface area contributed by atoms with E-state index in [0.717, 1.165) is 30.5 Å². The molecule has 2 N–H and O–H groups in total. The van der Waals surface area contributed by atoms with Crippen LogP contribution in [-0.4, -0.2) is 55.6 Å². The average Bonchev–Trinajstić information content (AvgIpc) is 2.47. The molecule has 0 spiro atoms. The lowest BCUT2D eigenvalue weighted by Crippen LogP contribution is -2.54. The molecule has 0 bridgehead atoms. The molecular weight excluding hydrogens is 246 g/mol. The van der Waals surface area contributed by atoms with Crippen LogP contribution in [0.25, 0.3) is 0 Å². The number of piperidine rings is 1. The lowest BCUT2D eigenvalue weighted by molar-refractivity contribution is 0.0349.